The van der Waals surface area contributed by atoms with Gasteiger partial charge in [0.15, 0.2) is 0 Å². The number of fused-ring (bicyclic) bond motifs is 1. The lowest BCUT2D eigenvalue weighted by atomic mass is 10.1. The average Bonchev–Trinajstić information content (AvgIpc) is 2.91. The van der Waals surface area contributed by atoms with E-state index in [1.165, 1.54) is 69.6 Å². The molecule has 0 saturated heterocycles. The van der Waals surface area contributed by atoms with Gasteiger partial charge in [0.1, 0.15) is 5.82 Å². The van der Waals surface area contributed by atoms with Crippen molar-refractivity contribution in [2.24, 2.45) is 0 Å². The number of para-hydroxylation sites is 1. The lowest BCUT2D eigenvalue weighted by Gasteiger charge is -1.99. The number of nitrogens with two attached hydrogens (primary N) is 1. The Balaban J connectivity index is 0.000000222. The van der Waals surface area contributed by atoms with Crippen LogP contribution in [0.5, 0.6) is 0 Å². The molecule has 1 aromatic heterocycles. The third-order valence-electron chi connectivity index (χ3n) is 4.01. The quantitative estimate of drug-likeness (QED) is 0.498. The predicted octanol–water partition coefficient (Wildman–Crippen LogP) is 6.68. The first kappa shape index (κ1) is 18.6. The zero-order valence-electron chi connectivity index (χ0n) is 14.5. The van der Waals surface area contributed by atoms with Gasteiger partial charge in [-0.15, -0.1) is 0 Å². The van der Waals surface area contributed by atoms with Crippen LogP contribution in [0.3, 0.4) is 0 Å². The molecule has 2 heteroatoms. The second-order valence-electron chi connectivity index (χ2n) is 6.14. The first-order valence-electron chi connectivity index (χ1n) is 9.11. The van der Waals surface area contributed by atoms with Crippen molar-refractivity contribution in [3.63, 3.8) is 0 Å². The summed E-state index contributed by atoms with van der Waals surface area (Å²) in [6.45, 7) is 4.56. The molecule has 0 saturated carbocycles. The minimum Gasteiger partial charge on any atom is -0.385 e. The molecule has 2 nitrogen and oxygen atoms in total. The SMILES string of the molecule is CCCCCCCCCCCC.Nc1cc2ccccc2[nH]1. The summed E-state index contributed by atoms with van der Waals surface area (Å²) in [7, 11) is 0. The number of H-pyrrole nitrogens is 1. The number of hydrogen-bond donors (Lipinski definition) is 2. The molecule has 22 heavy (non-hydrogen) atoms. The van der Waals surface area contributed by atoms with Crippen LogP contribution >= 0.6 is 0 Å². The van der Waals surface area contributed by atoms with E-state index in [9.17, 15) is 0 Å². The van der Waals surface area contributed by atoms with Crippen LogP contribution < -0.4 is 5.73 Å². The molecule has 124 valence electrons. The van der Waals surface area contributed by atoms with Crippen LogP contribution in [0.4, 0.5) is 5.82 Å². The Morgan fingerprint density at radius 2 is 1.27 bits per heavy atom. The highest BCUT2D eigenvalue weighted by Crippen LogP contribution is 2.14. The summed E-state index contributed by atoms with van der Waals surface area (Å²) < 4.78 is 0. The molecule has 0 radical (unpaired) electrons. The minimum atomic E-state index is 0.723. The summed E-state index contributed by atoms with van der Waals surface area (Å²) in [5.74, 6) is 0.723. The van der Waals surface area contributed by atoms with E-state index in [-0.39, 0.29) is 0 Å². The number of hydrogen-bond acceptors (Lipinski definition) is 1. The topological polar surface area (TPSA) is 41.8 Å². The van der Waals surface area contributed by atoms with Crippen molar-refractivity contribution in [1.82, 2.24) is 4.98 Å². The molecule has 0 aliphatic rings. The largest absolute Gasteiger partial charge is 0.385 e. The summed E-state index contributed by atoms with van der Waals surface area (Å²) in [5.41, 5.74) is 6.63. The Morgan fingerprint density at radius 3 is 1.77 bits per heavy atom. The van der Waals surface area contributed by atoms with Gasteiger partial charge in [-0.25, -0.2) is 0 Å². The maximum atomic E-state index is 5.54. The Bertz CT molecular complexity index is 444. The average molecular weight is 303 g/mol. The van der Waals surface area contributed by atoms with Crippen LogP contribution in [0.2, 0.25) is 0 Å². The Morgan fingerprint density at radius 1 is 0.773 bits per heavy atom. The third-order valence-corrected chi connectivity index (χ3v) is 4.01. The van der Waals surface area contributed by atoms with Crippen molar-refractivity contribution in [2.45, 2.75) is 78.1 Å². The van der Waals surface area contributed by atoms with E-state index < -0.39 is 0 Å². The van der Waals surface area contributed by atoms with Gasteiger partial charge >= 0.3 is 0 Å². The maximum Gasteiger partial charge on any atom is 0.101 e. The van der Waals surface area contributed by atoms with E-state index in [1.54, 1.807) is 0 Å². The molecule has 0 spiro atoms. The van der Waals surface area contributed by atoms with Crippen LogP contribution in [0.25, 0.3) is 10.9 Å². The van der Waals surface area contributed by atoms with E-state index in [4.69, 9.17) is 5.73 Å². The highest BCUT2D eigenvalue weighted by molar-refractivity contribution is 5.82. The minimum absolute atomic E-state index is 0.723. The van der Waals surface area contributed by atoms with Gasteiger partial charge < -0.3 is 10.7 Å². The zero-order valence-corrected chi connectivity index (χ0v) is 14.5. The molecule has 1 aromatic carbocycles. The summed E-state index contributed by atoms with van der Waals surface area (Å²) in [5, 5.41) is 1.17. The summed E-state index contributed by atoms with van der Waals surface area (Å²) >= 11 is 0. The van der Waals surface area contributed by atoms with Gasteiger partial charge in [0.2, 0.25) is 0 Å². The molecule has 1 heterocycles. The van der Waals surface area contributed by atoms with Crippen molar-refractivity contribution in [1.29, 1.82) is 0 Å². The fraction of sp³-hybridized carbons (Fsp3) is 0.600. The Labute approximate surface area is 136 Å². The Hall–Kier alpha value is -1.44. The predicted molar refractivity (Wildman–Crippen MR) is 100 cm³/mol. The second-order valence-corrected chi connectivity index (χ2v) is 6.14. The number of aromatic amines is 1. The number of unbranched alkanes of at least 4 members (excludes halogenated alkanes) is 9. The number of nitrogens with one attached hydrogen (secondary N) is 1. The fourth-order valence-electron chi connectivity index (χ4n) is 2.66. The molecule has 0 bridgehead atoms. The van der Waals surface area contributed by atoms with Crippen LogP contribution in [0.1, 0.15) is 78.1 Å². The fourth-order valence-corrected chi connectivity index (χ4v) is 2.66. The van der Waals surface area contributed by atoms with Crippen LogP contribution in [0.15, 0.2) is 30.3 Å². The molecule has 0 atom stereocenters. The maximum absolute atomic E-state index is 5.54. The van der Waals surface area contributed by atoms with Gasteiger partial charge in [-0.05, 0) is 12.1 Å². The normalized spacial score (nSPS) is 10.5. The molecule has 0 unspecified atom stereocenters. The van der Waals surface area contributed by atoms with E-state index in [0.29, 0.717) is 0 Å². The van der Waals surface area contributed by atoms with Gasteiger partial charge in [0.25, 0.3) is 0 Å². The number of aromatic nitrogens is 1. The van der Waals surface area contributed by atoms with Crippen molar-refractivity contribution in [3.05, 3.63) is 30.3 Å². The molecule has 2 rings (SSSR count). The third kappa shape index (κ3) is 8.11. The molecular formula is C20H34N2. The molecule has 2 aromatic rings. The van der Waals surface area contributed by atoms with Crippen molar-refractivity contribution in [3.8, 4) is 0 Å². The van der Waals surface area contributed by atoms with E-state index in [0.717, 1.165) is 11.3 Å². The number of benzene rings is 1. The highest BCUT2D eigenvalue weighted by Gasteiger charge is 1.93. The van der Waals surface area contributed by atoms with Crippen LogP contribution in [-0.2, 0) is 0 Å². The van der Waals surface area contributed by atoms with Gasteiger partial charge in [0, 0.05) is 10.9 Å². The number of rotatable bonds is 9. The zero-order chi connectivity index (χ0) is 16.0. The van der Waals surface area contributed by atoms with Crippen molar-refractivity contribution >= 4 is 16.7 Å². The van der Waals surface area contributed by atoms with Crippen LogP contribution in [-0.4, -0.2) is 4.98 Å². The van der Waals surface area contributed by atoms with Gasteiger partial charge in [-0.1, -0.05) is 96.3 Å². The molecule has 0 aliphatic heterocycles. The van der Waals surface area contributed by atoms with Crippen molar-refractivity contribution in [2.75, 3.05) is 5.73 Å². The molecule has 0 aliphatic carbocycles. The smallest absolute Gasteiger partial charge is 0.101 e. The van der Waals surface area contributed by atoms with Crippen molar-refractivity contribution < 1.29 is 0 Å². The second kappa shape index (κ2) is 12.1. The molecule has 0 fully saturated rings. The highest BCUT2D eigenvalue weighted by atomic mass is 14.8. The molecule has 0 amide bonds. The lowest BCUT2D eigenvalue weighted by Crippen LogP contribution is -1.80. The first-order valence-corrected chi connectivity index (χ1v) is 9.11. The van der Waals surface area contributed by atoms with E-state index in [1.807, 2.05) is 30.3 Å². The summed E-state index contributed by atoms with van der Waals surface area (Å²) in [4.78, 5) is 3.04. The lowest BCUT2D eigenvalue weighted by molar-refractivity contribution is 0.562. The summed E-state index contributed by atoms with van der Waals surface area (Å²) in [6.07, 6.45) is 14.4. The molecular weight excluding hydrogens is 268 g/mol. The Kier molecular flexibility index (Phi) is 10.3. The molecule has 3 N–H and O–H groups in total. The number of anilines is 1. The standard InChI is InChI=1S/C12H26.C8H8N2/c1-3-5-7-9-11-12-10-8-6-4-2;9-8-5-6-3-1-2-4-7(6)10-8/h3-12H2,1-2H3;1-5,10H,9H2. The van der Waals surface area contributed by atoms with E-state index in [2.05, 4.69) is 18.8 Å². The van der Waals surface area contributed by atoms with Crippen LogP contribution in [0, 0.1) is 0 Å². The first-order chi connectivity index (χ1) is 10.8. The van der Waals surface area contributed by atoms with Gasteiger partial charge in [0.05, 0.1) is 0 Å². The number of nitrogen functional groups attached to an aromatic ring is 1. The monoisotopic (exact) mass is 302 g/mol. The van der Waals surface area contributed by atoms with Gasteiger partial charge in [-0.2, -0.15) is 0 Å². The van der Waals surface area contributed by atoms with Gasteiger partial charge in [-0.3, -0.25) is 0 Å². The summed E-state index contributed by atoms with van der Waals surface area (Å²) in [6, 6.07) is 9.94. The van der Waals surface area contributed by atoms with E-state index >= 15 is 0 Å².